The highest BCUT2D eigenvalue weighted by Crippen LogP contribution is 2.30. The molecule has 0 unspecified atom stereocenters. The highest BCUT2D eigenvalue weighted by atomic mass is 16.4. The minimum absolute atomic E-state index is 0.152. The number of carbonyl (C=O) groups is 2. The zero-order valence-electron chi connectivity index (χ0n) is 20.8. The van der Waals surface area contributed by atoms with Crippen molar-refractivity contribution in [3.63, 3.8) is 0 Å². The Bertz CT molecular complexity index is 1160. The summed E-state index contributed by atoms with van der Waals surface area (Å²) in [5, 5.41) is 12.7. The molecule has 5 rings (SSSR count). The number of aryl methyl sites for hydroxylation is 2. The number of rotatable bonds is 9. The number of nitrogens with zero attached hydrogens (tertiary/aromatic N) is 1. The van der Waals surface area contributed by atoms with Crippen molar-refractivity contribution in [1.82, 2.24) is 15.3 Å². The number of H-pyrrole nitrogens is 1. The Morgan fingerprint density at radius 2 is 1.44 bits per heavy atom. The molecule has 0 saturated heterocycles. The predicted octanol–water partition coefficient (Wildman–Crippen LogP) is 4.38. The molecule has 2 aliphatic rings. The van der Waals surface area contributed by atoms with Gasteiger partial charge in [-0.25, -0.2) is 9.78 Å². The first kappa shape index (κ1) is 24.3. The number of benzene rings is 2. The van der Waals surface area contributed by atoms with Gasteiger partial charge >= 0.3 is 5.97 Å². The van der Waals surface area contributed by atoms with E-state index in [0.717, 1.165) is 25.7 Å². The van der Waals surface area contributed by atoms with Crippen molar-refractivity contribution >= 4 is 11.9 Å². The molecule has 6 heteroatoms. The second kappa shape index (κ2) is 11.1. The first-order valence-corrected chi connectivity index (χ1v) is 13.3. The van der Waals surface area contributed by atoms with Crippen LogP contribution in [-0.2, 0) is 54.5 Å². The Labute approximate surface area is 212 Å². The number of aliphatic carboxylic acids is 1. The van der Waals surface area contributed by atoms with Gasteiger partial charge in [0.15, 0.2) is 0 Å². The number of nitrogens with one attached hydrogen (secondary N) is 2. The van der Waals surface area contributed by atoms with Gasteiger partial charge in [0.05, 0.1) is 12.0 Å². The van der Waals surface area contributed by atoms with Crippen LogP contribution in [0.4, 0.5) is 0 Å². The lowest BCUT2D eigenvalue weighted by atomic mass is 9.81. The van der Waals surface area contributed by atoms with Crippen LogP contribution in [0.5, 0.6) is 0 Å². The monoisotopic (exact) mass is 485 g/mol. The maximum atomic E-state index is 13.7. The fourth-order valence-corrected chi connectivity index (χ4v) is 5.99. The lowest BCUT2D eigenvalue weighted by Crippen LogP contribution is -2.46. The summed E-state index contributed by atoms with van der Waals surface area (Å²) in [6, 6.07) is 11.9. The number of carboxylic acid groups (broad SMARTS) is 1. The van der Waals surface area contributed by atoms with E-state index >= 15 is 0 Å². The number of imidazole rings is 1. The highest BCUT2D eigenvalue weighted by Gasteiger charge is 2.29. The second-order valence-electron chi connectivity index (χ2n) is 10.3. The van der Waals surface area contributed by atoms with Crippen molar-refractivity contribution < 1.29 is 14.7 Å². The van der Waals surface area contributed by atoms with Gasteiger partial charge in [0.2, 0.25) is 5.91 Å². The summed E-state index contributed by atoms with van der Waals surface area (Å²) in [7, 11) is 0. The molecule has 3 aromatic rings. The summed E-state index contributed by atoms with van der Waals surface area (Å²) in [5.74, 6) is -1.58. The van der Waals surface area contributed by atoms with Crippen LogP contribution in [0.3, 0.4) is 0 Å². The molecule has 1 heterocycles. The summed E-state index contributed by atoms with van der Waals surface area (Å²) in [6.07, 6.45) is 13.7. The Kier molecular flexibility index (Phi) is 7.49. The first-order valence-electron chi connectivity index (χ1n) is 13.3. The summed E-state index contributed by atoms with van der Waals surface area (Å²) in [4.78, 5) is 32.8. The van der Waals surface area contributed by atoms with Gasteiger partial charge in [-0.2, -0.15) is 0 Å². The number of hydrogen-bond acceptors (Lipinski definition) is 3. The van der Waals surface area contributed by atoms with Gasteiger partial charge in [0, 0.05) is 18.5 Å². The largest absolute Gasteiger partial charge is 0.480 e. The minimum Gasteiger partial charge on any atom is -0.480 e. The van der Waals surface area contributed by atoms with Crippen LogP contribution in [0.2, 0.25) is 0 Å². The number of carbonyl (C=O) groups excluding carboxylic acids is 1. The molecule has 0 fully saturated rings. The predicted molar refractivity (Wildman–Crippen MR) is 139 cm³/mol. The van der Waals surface area contributed by atoms with E-state index in [2.05, 4.69) is 51.7 Å². The van der Waals surface area contributed by atoms with E-state index in [4.69, 9.17) is 0 Å². The maximum absolute atomic E-state index is 13.7. The minimum atomic E-state index is -1.04. The van der Waals surface area contributed by atoms with Crippen molar-refractivity contribution in [2.75, 3.05) is 0 Å². The molecular formula is C30H35N3O3. The van der Waals surface area contributed by atoms with Crippen molar-refractivity contribution in [2.45, 2.75) is 76.7 Å². The van der Waals surface area contributed by atoms with Gasteiger partial charge < -0.3 is 15.4 Å². The molecule has 3 N–H and O–H groups in total. The topological polar surface area (TPSA) is 95.1 Å². The molecule has 0 saturated carbocycles. The summed E-state index contributed by atoms with van der Waals surface area (Å²) < 4.78 is 0. The van der Waals surface area contributed by atoms with Crippen molar-refractivity contribution in [2.24, 2.45) is 5.92 Å². The second-order valence-corrected chi connectivity index (χ2v) is 10.3. The molecule has 0 spiro atoms. The Morgan fingerprint density at radius 3 is 1.97 bits per heavy atom. The third kappa shape index (κ3) is 5.53. The molecule has 6 nitrogen and oxygen atoms in total. The Morgan fingerprint density at radius 1 is 0.861 bits per heavy atom. The molecule has 36 heavy (non-hydrogen) atoms. The van der Waals surface area contributed by atoms with Gasteiger partial charge in [-0.1, -0.05) is 36.4 Å². The first-order chi connectivity index (χ1) is 17.6. The molecule has 2 aromatic carbocycles. The number of hydrogen-bond donors (Lipinski definition) is 3. The third-order valence-corrected chi connectivity index (χ3v) is 7.87. The van der Waals surface area contributed by atoms with Crippen LogP contribution in [0, 0.1) is 5.92 Å². The van der Waals surface area contributed by atoms with Gasteiger partial charge in [-0.3, -0.25) is 4.79 Å². The van der Waals surface area contributed by atoms with Crippen LogP contribution in [0.25, 0.3) is 0 Å². The summed E-state index contributed by atoms with van der Waals surface area (Å²) in [5.41, 5.74) is 8.67. The summed E-state index contributed by atoms with van der Waals surface area (Å²) >= 11 is 0. The molecule has 2 aliphatic carbocycles. The van der Waals surface area contributed by atoms with Crippen LogP contribution in [-0.4, -0.2) is 33.0 Å². The lowest BCUT2D eigenvalue weighted by molar-refractivity contribution is -0.142. The Balaban J connectivity index is 1.43. The molecule has 188 valence electrons. The van der Waals surface area contributed by atoms with Gasteiger partial charge in [-0.15, -0.1) is 0 Å². The molecule has 1 aromatic heterocycles. The fourth-order valence-electron chi connectivity index (χ4n) is 5.99. The average Bonchev–Trinajstić information content (AvgIpc) is 3.41. The van der Waals surface area contributed by atoms with E-state index in [1.807, 2.05) is 0 Å². The lowest BCUT2D eigenvalue weighted by Gasteiger charge is -2.26. The number of fused-ring (bicyclic) bond motifs is 2. The fraction of sp³-hybridized carbons (Fsp3) is 0.433. The molecule has 0 aliphatic heterocycles. The number of carboxylic acids is 1. The van der Waals surface area contributed by atoms with E-state index in [9.17, 15) is 14.7 Å². The highest BCUT2D eigenvalue weighted by molar-refractivity contribution is 5.85. The van der Waals surface area contributed by atoms with Crippen molar-refractivity contribution in [1.29, 1.82) is 0 Å². The standard InChI is InChI=1S/C30H35N3O3/c34-29(33-28(30(35)36)17-25-18-31-19-32-25)24(15-22-11-5-9-20-7-1-3-13-26(20)22)16-23-12-6-10-21-8-2-4-14-27(21)23/h5-6,9-12,18-19,24,28H,1-4,7-8,13-17H2,(H,31,32)(H,33,34)(H,35,36)/t28-/m0/s1. The smallest absolute Gasteiger partial charge is 0.326 e. The van der Waals surface area contributed by atoms with Gasteiger partial charge in [0.1, 0.15) is 6.04 Å². The van der Waals surface area contributed by atoms with E-state index < -0.39 is 12.0 Å². The Hall–Kier alpha value is -3.41. The third-order valence-electron chi connectivity index (χ3n) is 7.87. The normalized spacial score (nSPS) is 15.7. The maximum Gasteiger partial charge on any atom is 0.326 e. The molecule has 0 bridgehead atoms. The number of aromatic nitrogens is 2. The van der Waals surface area contributed by atoms with Crippen LogP contribution in [0.15, 0.2) is 48.9 Å². The van der Waals surface area contributed by atoms with Crippen molar-refractivity contribution in [3.05, 3.63) is 88.0 Å². The number of amides is 1. The van der Waals surface area contributed by atoms with E-state index in [-0.39, 0.29) is 18.2 Å². The quantitative estimate of drug-likeness (QED) is 0.419. The van der Waals surface area contributed by atoms with Crippen LogP contribution < -0.4 is 5.32 Å². The van der Waals surface area contributed by atoms with Crippen LogP contribution in [0.1, 0.15) is 64.8 Å². The zero-order chi connectivity index (χ0) is 24.9. The van der Waals surface area contributed by atoms with Gasteiger partial charge in [-0.05, 0) is 97.6 Å². The van der Waals surface area contributed by atoms with E-state index in [1.54, 1.807) is 6.20 Å². The SMILES string of the molecule is O=C(N[C@@H](Cc1c[nH]cn1)C(=O)O)C(Cc1cccc2c1CCCC2)Cc1cccc2c1CCCC2. The average molecular weight is 486 g/mol. The molecule has 1 atom stereocenters. The molecule has 0 radical (unpaired) electrons. The molecular weight excluding hydrogens is 450 g/mol. The van der Waals surface area contributed by atoms with Crippen LogP contribution >= 0.6 is 0 Å². The van der Waals surface area contributed by atoms with E-state index in [0.29, 0.717) is 18.5 Å². The van der Waals surface area contributed by atoms with Gasteiger partial charge in [0.25, 0.3) is 0 Å². The zero-order valence-corrected chi connectivity index (χ0v) is 20.8. The van der Waals surface area contributed by atoms with Crippen molar-refractivity contribution in [3.8, 4) is 0 Å². The van der Waals surface area contributed by atoms with E-state index in [1.165, 1.54) is 65.4 Å². The number of aromatic amines is 1. The summed E-state index contributed by atoms with van der Waals surface area (Å²) in [6.45, 7) is 0. The molecule has 1 amide bonds.